The number of phenolic OH excluding ortho intramolecular Hbond substituents is 1. The maximum absolute atomic E-state index is 10.2. The first kappa shape index (κ1) is 19.7. The van der Waals surface area contributed by atoms with E-state index in [0.29, 0.717) is 17.7 Å². The zero-order valence-corrected chi connectivity index (χ0v) is 18.5. The van der Waals surface area contributed by atoms with E-state index in [1.54, 1.807) is 0 Å². The summed E-state index contributed by atoms with van der Waals surface area (Å²) in [6.45, 7) is 10.9. The van der Waals surface area contributed by atoms with E-state index < -0.39 is 0 Å². The molecule has 0 bridgehead atoms. The second-order valence-corrected chi connectivity index (χ2v) is 9.08. The fourth-order valence-corrected chi connectivity index (χ4v) is 5.01. The van der Waals surface area contributed by atoms with Crippen LogP contribution >= 0.6 is 45.2 Å². The predicted octanol–water partition coefficient (Wildman–Crippen LogP) is 2.96. The van der Waals surface area contributed by atoms with Crippen LogP contribution in [0.25, 0.3) is 0 Å². The third-order valence-corrected chi connectivity index (χ3v) is 6.00. The van der Waals surface area contributed by atoms with Gasteiger partial charge in [-0.25, -0.2) is 0 Å². The summed E-state index contributed by atoms with van der Waals surface area (Å²) in [5.41, 5.74) is 0.988. The van der Waals surface area contributed by atoms with E-state index in [-0.39, 0.29) is 0 Å². The Morgan fingerprint density at radius 1 is 1.17 bits per heavy atom. The number of rotatable bonds is 6. The minimum atomic E-state index is 0.416. The first-order valence-electron chi connectivity index (χ1n) is 8.18. The highest BCUT2D eigenvalue weighted by molar-refractivity contribution is 14.1. The third kappa shape index (κ3) is 5.69. The smallest absolute Gasteiger partial charge is 0.133 e. The van der Waals surface area contributed by atoms with E-state index in [1.165, 1.54) is 3.57 Å². The molecule has 1 fully saturated rings. The largest absolute Gasteiger partial charge is 0.507 e. The molecule has 1 atom stereocenters. The van der Waals surface area contributed by atoms with Gasteiger partial charge in [-0.3, -0.25) is 4.90 Å². The van der Waals surface area contributed by atoms with Crippen molar-refractivity contribution in [1.82, 2.24) is 15.1 Å². The van der Waals surface area contributed by atoms with Gasteiger partial charge in [0.1, 0.15) is 5.75 Å². The van der Waals surface area contributed by atoms with E-state index >= 15 is 0 Å². The molecule has 0 radical (unpaired) electrons. The Morgan fingerprint density at radius 3 is 2.43 bits per heavy atom. The van der Waals surface area contributed by atoms with E-state index in [9.17, 15) is 5.11 Å². The van der Waals surface area contributed by atoms with Crippen LogP contribution in [0, 0.1) is 13.1 Å². The number of hydrogen-bond acceptors (Lipinski definition) is 4. The normalized spacial score (nSPS) is 18.5. The van der Waals surface area contributed by atoms with Crippen molar-refractivity contribution in [2.75, 3.05) is 39.8 Å². The molecule has 0 unspecified atom stereocenters. The average molecular weight is 543 g/mol. The summed E-state index contributed by atoms with van der Waals surface area (Å²) in [6.07, 6.45) is 0. The van der Waals surface area contributed by atoms with Crippen LogP contribution in [0.3, 0.4) is 0 Å². The van der Waals surface area contributed by atoms with Crippen molar-refractivity contribution >= 4 is 45.2 Å². The van der Waals surface area contributed by atoms with Crippen molar-refractivity contribution in [2.24, 2.45) is 5.92 Å². The number of halogens is 2. The molecule has 130 valence electrons. The lowest BCUT2D eigenvalue weighted by atomic mass is 10.0. The van der Waals surface area contributed by atoms with Crippen LogP contribution in [0.5, 0.6) is 5.75 Å². The van der Waals surface area contributed by atoms with Crippen molar-refractivity contribution in [3.8, 4) is 5.75 Å². The van der Waals surface area contributed by atoms with Crippen LogP contribution < -0.4 is 5.32 Å². The number of piperazine rings is 1. The molecule has 0 spiro atoms. The fourth-order valence-electron chi connectivity index (χ4n) is 3.05. The van der Waals surface area contributed by atoms with Gasteiger partial charge in [0.15, 0.2) is 0 Å². The molecule has 4 nitrogen and oxygen atoms in total. The molecule has 1 aliphatic heterocycles. The Bertz CT molecular complexity index is 517. The van der Waals surface area contributed by atoms with E-state index in [4.69, 9.17) is 0 Å². The summed E-state index contributed by atoms with van der Waals surface area (Å²) in [4.78, 5) is 5.00. The Balaban J connectivity index is 1.92. The van der Waals surface area contributed by atoms with Crippen LogP contribution in [0.15, 0.2) is 12.1 Å². The topological polar surface area (TPSA) is 38.7 Å². The van der Waals surface area contributed by atoms with Crippen LogP contribution in [0.2, 0.25) is 0 Å². The minimum Gasteiger partial charge on any atom is -0.507 e. The minimum absolute atomic E-state index is 0.416. The average Bonchev–Trinajstić information content (AvgIpc) is 2.49. The standard InChI is InChI=1S/C17H27I2N3O/c1-12(2)16(22-6-4-21(3)5-7-22)11-20-10-13-8-14(18)9-15(19)17(13)23/h8-9,12,16,20,23H,4-7,10-11H2,1-3H3/t16-/m1/s1. The molecular weight excluding hydrogens is 516 g/mol. The highest BCUT2D eigenvalue weighted by Crippen LogP contribution is 2.27. The van der Waals surface area contributed by atoms with Gasteiger partial charge in [-0.2, -0.15) is 0 Å². The van der Waals surface area contributed by atoms with Crippen molar-refractivity contribution in [3.63, 3.8) is 0 Å². The highest BCUT2D eigenvalue weighted by atomic mass is 127. The SMILES string of the molecule is CC(C)[C@@H](CNCc1cc(I)cc(I)c1O)N1CCN(C)CC1. The second kappa shape index (κ2) is 9.17. The lowest BCUT2D eigenvalue weighted by molar-refractivity contribution is 0.0875. The Labute approximate surface area is 167 Å². The summed E-state index contributed by atoms with van der Waals surface area (Å²) in [6, 6.07) is 4.61. The molecular formula is C17H27I2N3O. The van der Waals surface area contributed by atoms with Gasteiger partial charge in [0, 0.05) is 54.4 Å². The van der Waals surface area contributed by atoms with Crippen LogP contribution in [-0.4, -0.2) is 60.7 Å². The second-order valence-electron chi connectivity index (χ2n) is 6.68. The molecule has 0 saturated carbocycles. The van der Waals surface area contributed by atoms with Gasteiger partial charge in [0.2, 0.25) is 0 Å². The summed E-state index contributed by atoms with van der Waals surface area (Å²) in [7, 11) is 2.20. The number of nitrogens with one attached hydrogen (secondary N) is 1. The number of nitrogens with zero attached hydrogens (tertiary/aromatic N) is 2. The molecule has 1 saturated heterocycles. The molecule has 1 heterocycles. The number of likely N-dealkylation sites (N-methyl/N-ethyl adjacent to an activating group) is 1. The lowest BCUT2D eigenvalue weighted by Crippen LogP contribution is -2.53. The molecule has 1 aliphatic rings. The molecule has 2 rings (SSSR count). The maximum atomic E-state index is 10.2. The molecule has 0 amide bonds. The van der Waals surface area contributed by atoms with Crippen molar-refractivity contribution in [2.45, 2.75) is 26.4 Å². The zero-order chi connectivity index (χ0) is 17.0. The van der Waals surface area contributed by atoms with Gasteiger partial charge in [-0.1, -0.05) is 13.8 Å². The first-order valence-corrected chi connectivity index (χ1v) is 10.3. The molecule has 23 heavy (non-hydrogen) atoms. The van der Waals surface area contributed by atoms with Crippen LogP contribution in [-0.2, 0) is 6.54 Å². The van der Waals surface area contributed by atoms with Gasteiger partial charge >= 0.3 is 0 Å². The number of aromatic hydroxyl groups is 1. The van der Waals surface area contributed by atoms with Gasteiger partial charge < -0.3 is 15.3 Å². The van der Waals surface area contributed by atoms with E-state index in [0.717, 1.165) is 48.4 Å². The number of hydrogen-bond donors (Lipinski definition) is 2. The molecule has 6 heteroatoms. The first-order chi connectivity index (χ1) is 10.9. The summed E-state index contributed by atoms with van der Waals surface area (Å²) in [5, 5.41) is 13.8. The zero-order valence-electron chi connectivity index (χ0n) is 14.1. The Kier molecular flexibility index (Phi) is 7.84. The van der Waals surface area contributed by atoms with Crippen LogP contribution in [0.1, 0.15) is 19.4 Å². The summed E-state index contributed by atoms with van der Waals surface area (Å²) < 4.78 is 2.09. The van der Waals surface area contributed by atoms with Crippen LogP contribution in [0.4, 0.5) is 0 Å². The fraction of sp³-hybridized carbons (Fsp3) is 0.647. The monoisotopic (exact) mass is 543 g/mol. The van der Waals surface area contributed by atoms with Crippen molar-refractivity contribution in [1.29, 1.82) is 0 Å². The highest BCUT2D eigenvalue weighted by Gasteiger charge is 2.24. The van der Waals surface area contributed by atoms with Gasteiger partial charge in [0.25, 0.3) is 0 Å². The lowest BCUT2D eigenvalue weighted by Gasteiger charge is -2.40. The van der Waals surface area contributed by atoms with E-state index in [1.807, 2.05) is 6.07 Å². The van der Waals surface area contributed by atoms with Gasteiger partial charge in [-0.15, -0.1) is 0 Å². The Hall–Kier alpha value is 0.360. The van der Waals surface area contributed by atoms with Crippen molar-refractivity contribution in [3.05, 3.63) is 24.8 Å². The molecule has 0 aromatic heterocycles. The number of benzene rings is 1. The van der Waals surface area contributed by atoms with Crippen molar-refractivity contribution < 1.29 is 5.11 Å². The van der Waals surface area contributed by atoms with E-state index in [2.05, 4.69) is 87.3 Å². The molecule has 0 aliphatic carbocycles. The summed E-state index contributed by atoms with van der Waals surface area (Å²) >= 11 is 4.50. The predicted molar refractivity (Wildman–Crippen MR) is 113 cm³/mol. The molecule has 1 aromatic carbocycles. The third-order valence-electron chi connectivity index (χ3n) is 4.55. The van der Waals surface area contributed by atoms with Gasteiger partial charge in [0.05, 0.1) is 3.57 Å². The van der Waals surface area contributed by atoms with Gasteiger partial charge in [-0.05, 0) is 70.3 Å². The quantitative estimate of drug-likeness (QED) is 0.542. The maximum Gasteiger partial charge on any atom is 0.133 e. The molecule has 2 N–H and O–H groups in total. The summed E-state index contributed by atoms with van der Waals surface area (Å²) in [5.74, 6) is 1.04. The molecule has 1 aromatic rings. The number of phenols is 1. The Morgan fingerprint density at radius 2 is 1.83 bits per heavy atom.